The van der Waals surface area contributed by atoms with E-state index in [1.54, 1.807) is 0 Å². The second-order valence-electron chi connectivity index (χ2n) is 3.71. The number of nitrogens with two attached hydrogens (primary N) is 1. The van der Waals surface area contributed by atoms with E-state index in [0.717, 1.165) is 12.8 Å². The molecule has 82 valence electrons. The molecule has 0 fully saturated rings. The van der Waals surface area contributed by atoms with Crippen LogP contribution in [-0.2, 0) is 20.9 Å². The van der Waals surface area contributed by atoms with Crippen LogP contribution in [0.1, 0.15) is 23.5 Å². The van der Waals surface area contributed by atoms with Crippen LogP contribution < -0.4 is 5.14 Å². The van der Waals surface area contributed by atoms with Gasteiger partial charge in [-0.3, -0.25) is 4.18 Å². The van der Waals surface area contributed by atoms with Gasteiger partial charge in [0.05, 0.1) is 6.61 Å². The van der Waals surface area contributed by atoms with Gasteiger partial charge >= 0.3 is 10.3 Å². The summed E-state index contributed by atoms with van der Waals surface area (Å²) >= 11 is 0. The SMILES string of the molecule is NS(=O)(=O)OCC1CCc2ccccc21. The third-order valence-electron chi connectivity index (χ3n) is 2.69. The van der Waals surface area contributed by atoms with Crippen molar-refractivity contribution in [3.8, 4) is 0 Å². The van der Waals surface area contributed by atoms with Gasteiger partial charge in [0.2, 0.25) is 0 Å². The lowest BCUT2D eigenvalue weighted by molar-refractivity contribution is 0.291. The van der Waals surface area contributed by atoms with Gasteiger partial charge in [-0.2, -0.15) is 8.42 Å². The van der Waals surface area contributed by atoms with Crippen molar-refractivity contribution in [1.82, 2.24) is 0 Å². The van der Waals surface area contributed by atoms with E-state index in [9.17, 15) is 8.42 Å². The highest BCUT2D eigenvalue weighted by Crippen LogP contribution is 2.32. The summed E-state index contributed by atoms with van der Waals surface area (Å²) in [5.41, 5.74) is 2.46. The molecule has 2 rings (SSSR count). The lowest BCUT2D eigenvalue weighted by Crippen LogP contribution is -2.19. The van der Waals surface area contributed by atoms with Crippen LogP contribution in [-0.4, -0.2) is 15.0 Å². The van der Waals surface area contributed by atoms with Crippen molar-refractivity contribution in [2.75, 3.05) is 6.61 Å². The van der Waals surface area contributed by atoms with Gasteiger partial charge in [-0.1, -0.05) is 24.3 Å². The van der Waals surface area contributed by atoms with Crippen LogP contribution >= 0.6 is 0 Å². The van der Waals surface area contributed by atoms with E-state index in [2.05, 4.69) is 10.2 Å². The Morgan fingerprint density at radius 3 is 2.87 bits per heavy atom. The van der Waals surface area contributed by atoms with E-state index in [1.807, 2.05) is 18.2 Å². The lowest BCUT2D eigenvalue weighted by Gasteiger charge is -2.10. The van der Waals surface area contributed by atoms with E-state index in [0.29, 0.717) is 0 Å². The highest BCUT2D eigenvalue weighted by atomic mass is 32.2. The van der Waals surface area contributed by atoms with Crippen molar-refractivity contribution in [1.29, 1.82) is 0 Å². The highest BCUT2D eigenvalue weighted by Gasteiger charge is 2.23. The third kappa shape index (κ3) is 2.56. The molecule has 2 N–H and O–H groups in total. The molecule has 0 saturated heterocycles. The Bertz CT molecular complexity index is 455. The first-order chi connectivity index (χ1) is 7.06. The molecular weight excluding hydrogens is 214 g/mol. The highest BCUT2D eigenvalue weighted by molar-refractivity contribution is 7.84. The number of hydrogen-bond donors (Lipinski definition) is 1. The molecule has 1 unspecified atom stereocenters. The van der Waals surface area contributed by atoms with E-state index < -0.39 is 10.3 Å². The van der Waals surface area contributed by atoms with Crippen molar-refractivity contribution < 1.29 is 12.6 Å². The molecule has 0 bridgehead atoms. The van der Waals surface area contributed by atoms with Crippen LogP contribution in [0.3, 0.4) is 0 Å². The van der Waals surface area contributed by atoms with Gasteiger partial charge in [-0.25, -0.2) is 5.14 Å². The average Bonchev–Trinajstić information content (AvgIpc) is 2.57. The minimum atomic E-state index is -3.81. The number of hydrogen-bond acceptors (Lipinski definition) is 3. The summed E-state index contributed by atoms with van der Waals surface area (Å²) in [6.07, 6.45) is 1.91. The van der Waals surface area contributed by atoms with E-state index in [-0.39, 0.29) is 12.5 Å². The number of rotatable bonds is 3. The van der Waals surface area contributed by atoms with Crippen molar-refractivity contribution >= 4 is 10.3 Å². The van der Waals surface area contributed by atoms with E-state index in [1.165, 1.54) is 11.1 Å². The largest absolute Gasteiger partial charge is 0.333 e. The average molecular weight is 227 g/mol. The summed E-state index contributed by atoms with van der Waals surface area (Å²) in [6.45, 7) is 0.149. The molecule has 1 aromatic carbocycles. The summed E-state index contributed by atoms with van der Waals surface area (Å²) in [6, 6.07) is 8.02. The summed E-state index contributed by atoms with van der Waals surface area (Å²) in [7, 11) is -3.81. The topological polar surface area (TPSA) is 69.4 Å². The van der Waals surface area contributed by atoms with Crippen LogP contribution in [0.2, 0.25) is 0 Å². The molecule has 0 aliphatic heterocycles. The predicted octanol–water partition coefficient (Wildman–Crippen LogP) is 0.936. The van der Waals surface area contributed by atoms with E-state index >= 15 is 0 Å². The maximum absolute atomic E-state index is 10.7. The molecule has 0 amide bonds. The Kier molecular flexibility index (Phi) is 2.77. The molecular formula is C10H13NO3S. The van der Waals surface area contributed by atoms with Gasteiger partial charge in [0.1, 0.15) is 0 Å². The Morgan fingerprint density at radius 1 is 1.40 bits per heavy atom. The molecule has 1 aliphatic rings. The number of benzene rings is 1. The molecule has 1 aliphatic carbocycles. The molecule has 0 heterocycles. The second-order valence-corrected chi connectivity index (χ2v) is 4.93. The van der Waals surface area contributed by atoms with Crippen LogP contribution in [0, 0.1) is 0 Å². The molecule has 5 heteroatoms. The molecule has 0 saturated carbocycles. The minimum absolute atomic E-state index is 0.149. The summed E-state index contributed by atoms with van der Waals surface area (Å²) in [5, 5.41) is 4.78. The Labute approximate surface area is 89.3 Å². The van der Waals surface area contributed by atoms with Gasteiger partial charge in [-0.15, -0.1) is 0 Å². The molecule has 0 spiro atoms. The number of aryl methyl sites for hydroxylation is 1. The van der Waals surface area contributed by atoms with Crippen LogP contribution in [0.15, 0.2) is 24.3 Å². The Morgan fingerprint density at radius 2 is 2.13 bits per heavy atom. The summed E-state index contributed by atoms with van der Waals surface area (Å²) in [5.74, 6) is 0.152. The lowest BCUT2D eigenvalue weighted by atomic mass is 10.0. The predicted molar refractivity (Wildman–Crippen MR) is 56.6 cm³/mol. The quantitative estimate of drug-likeness (QED) is 0.835. The third-order valence-corrected chi connectivity index (χ3v) is 3.16. The molecule has 1 atom stereocenters. The molecule has 0 aromatic heterocycles. The molecule has 0 radical (unpaired) electrons. The van der Waals surface area contributed by atoms with Gasteiger partial charge in [0, 0.05) is 5.92 Å². The first-order valence-electron chi connectivity index (χ1n) is 4.81. The van der Waals surface area contributed by atoms with Gasteiger partial charge in [0.15, 0.2) is 0 Å². The standard InChI is InChI=1S/C10H13NO3S/c11-15(12,13)14-7-9-6-5-8-3-1-2-4-10(8)9/h1-4,9H,5-7H2,(H2,11,12,13). The van der Waals surface area contributed by atoms with Gasteiger partial charge in [0.25, 0.3) is 0 Å². The molecule has 15 heavy (non-hydrogen) atoms. The van der Waals surface area contributed by atoms with Crippen LogP contribution in [0.5, 0.6) is 0 Å². The molecule has 1 aromatic rings. The first-order valence-corrected chi connectivity index (χ1v) is 6.28. The number of fused-ring (bicyclic) bond motifs is 1. The zero-order valence-electron chi connectivity index (χ0n) is 8.22. The monoisotopic (exact) mass is 227 g/mol. The fourth-order valence-corrected chi connectivity index (χ4v) is 2.35. The molecule has 4 nitrogen and oxygen atoms in total. The van der Waals surface area contributed by atoms with Gasteiger partial charge in [-0.05, 0) is 24.0 Å². The summed E-state index contributed by atoms with van der Waals surface area (Å²) in [4.78, 5) is 0. The zero-order valence-corrected chi connectivity index (χ0v) is 9.03. The van der Waals surface area contributed by atoms with Crippen LogP contribution in [0.25, 0.3) is 0 Å². The van der Waals surface area contributed by atoms with Crippen LogP contribution in [0.4, 0.5) is 0 Å². The fraction of sp³-hybridized carbons (Fsp3) is 0.400. The normalized spacial score (nSPS) is 20.2. The fourth-order valence-electron chi connectivity index (χ4n) is 2.00. The van der Waals surface area contributed by atoms with Crippen molar-refractivity contribution in [3.63, 3.8) is 0 Å². The van der Waals surface area contributed by atoms with Crippen molar-refractivity contribution in [2.45, 2.75) is 18.8 Å². The Hall–Kier alpha value is -0.910. The minimum Gasteiger partial charge on any atom is -0.258 e. The maximum atomic E-state index is 10.7. The summed E-state index contributed by atoms with van der Waals surface area (Å²) < 4.78 is 25.9. The second kappa shape index (κ2) is 3.92. The van der Waals surface area contributed by atoms with Crippen molar-refractivity contribution in [2.24, 2.45) is 5.14 Å². The Balaban J connectivity index is 2.08. The smallest absolute Gasteiger partial charge is 0.258 e. The maximum Gasteiger partial charge on any atom is 0.333 e. The van der Waals surface area contributed by atoms with Gasteiger partial charge < -0.3 is 0 Å². The first kappa shape index (κ1) is 10.6. The zero-order chi connectivity index (χ0) is 10.9. The van der Waals surface area contributed by atoms with E-state index in [4.69, 9.17) is 5.14 Å². The van der Waals surface area contributed by atoms with Crippen molar-refractivity contribution in [3.05, 3.63) is 35.4 Å².